The summed E-state index contributed by atoms with van der Waals surface area (Å²) in [5.41, 5.74) is 1.13. The van der Waals surface area contributed by atoms with Crippen LogP contribution in [0.5, 0.6) is 0 Å². The van der Waals surface area contributed by atoms with Crippen LogP contribution in [-0.2, 0) is 0 Å². The molecule has 1 saturated heterocycles. The van der Waals surface area contributed by atoms with Gasteiger partial charge in [0.15, 0.2) is 0 Å². The Morgan fingerprint density at radius 3 is 2.40 bits per heavy atom. The fourth-order valence-electron chi connectivity index (χ4n) is 2.49. The highest BCUT2D eigenvalue weighted by Crippen LogP contribution is 2.16. The quantitative estimate of drug-likeness (QED) is 0.862. The van der Waals surface area contributed by atoms with E-state index in [9.17, 15) is 4.39 Å². The smallest absolute Gasteiger partial charge is 0.123 e. The number of hydrogen-bond donors (Lipinski definition) is 1. The standard InChI is InChI=1S/C16H26FN3/c1-3-14(2)18-8-9-19-10-12-20(13-11-19)16-6-4-15(17)5-7-16/h4-7,14,18H,3,8-13H2,1-2H3. The third-order valence-corrected chi connectivity index (χ3v) is 4.10. The lowest BCUT2D eigenvalue weighted by molar-refractivity contribution is 0.254. The van der Waals surface area contributed by atoms with E-state index in [-0.39, 0.29) is 5.82 Å². The summed E-state index contributed by atoms with van der Waals surface area (Å²) < 4.78 is 12.9. The van der Waals surface area contributed by atoms with Gasteiger partial charge in [-0.1, -0.05) is 6.92 Å². The molecular formula is C16H26FN3. The van der Waals surface area contributed by atoms with E-state index in [1.54, 1.807) is 0 Å². The first-order valence-electron chi connectivity index (χ1n) is 7.65. The normalized spacial score (nSPS) is 18.2. The topological polar surface area (TPSA) is 18.5 Å². The highest BCUT2D eigenvalue weighted by atomic mass is 19.1. The molecule has 4 heteroatoms. The van der Waals surface area contributed by atoms with Crippen LogP contribution in [0.1, 0.15) is 20.3 Å². The average Bonchev–Trinajstić information content (AvgIpc) is 2.48. The number of hydrogen-bond acceptors (Lipinski definition) is 3. The van der Waals surface area contributed by atoms with Crippen LogP contribution in [0.15, 0.2) is 24.3 Å². The molecule has 0 spiro atoms. The molecule has 1 aromatic rings. The maximum Gasteiger partial charge on any atom is 0.123 e. The Balaban J connectivity index is 1.71. The van der Waals surface area contributed by atoms with Gasteiger partial charge in [-0.2, -0.15) is 0 Å². The van der Waals surface area contributed by atoms with Gasteiger partial charge in [0, 0.05) is 51.0 Å². The first kappa shape index (κ1) is 15.3. The van der Waals surface area contributed by atoms with Gasteiger partial charge in [-0.3, -0.25) is 4.90 Å². The third kappa shape index (κ3) is 4.46. The third-order valence-electron chi connectivity index (χ3n) is 4.10. The van der Waals surface area contributed by atoms with Crippen LogP contribution in [-0.4, -0.2) is 50.2 Å². The van der Waals surface area contributed by atoms with Gasteiger partial charge in [-0.25, -0.2) is 4.39 Å². The van der Waals surface area contributed by atoms with Crippen molar-refractivity contribution in [3.63, 3.8) is 0 Å². The molecule has 0 aromatic heterocycles. The Bertz CT molecular complexity index is 385. The van der Waals surface area contributed by atoms with Crippen molar-refractivity contribution in [1.82, 2.24) is 10.2 Å². The number of nitrogens with one attached hydrogen (secondary N) is 1. The molecule has 1 atom stereocenters. The van der Waals surface area contributed by atoms with Crippen LogP contribution in [0.3, 0.4) is 0 Å². The van der Waals surface area contributed by atoms with Crippen LogP contribution in [0, 0.1) is 5.82 Å². The van der Waals surface area contributed by atoms with Crippen molar-refractivity contribution < 1.29 is 4.39 Å². The number of anilines is 1. The van der Waals surface area contributed by atoms with Crippen molar-refractivity contribution in [2.75, 3.05) is 44.2 Å². The highest BCUT2D eigenvalue weighted by Gasteiger charge is 2.16. The molecule has 1 unspecified atom stereocenters. The molecule has 0 radical (unpaired) electrons. The Labute approximate surface area is 121 Å². The van der Waals surface area contributed by atoms with Crippen molar-refractivity contribution in [2.24, 2.45) is 0 Å². The molecule has 20 heavy (non-hydrogen) atoms. The van der Waals surface area contributed by atoms with Crippen molar-refractivity contribution in [3.8, 4) is 0 Å². The van der Waals surface area contributed by atoms with Crippen molar-refractivity contribution in [3.05, 3.63) is 30.1 Å². The number of rotatable bonds is 6. The van der Waals surface area contributed by atoms with Gasteiger partial charge >= 0.3 is 0 Å². The van der Waals surface area contributed by atoms with Gasteiger partial charge in [0.25, 0.3) is 0 Å². The van der Waals surface area contributed by atoms with Gasteiger partial charge in [-0.05, 0) is 37.6 Å². The molecule has 1 N–H and O–H groups in total. The summed E-state index contributed by atoms with van der Waals surface area (Å²) >= 11 is 0. The number of piperazine rings is 1. The summed E-state index contributed by atoms with van der Waals surface area (Å²) in [6, 6.07) is 7.43. The Morgan fingerprint density at radius 2 is 1.80 bits per heavy atom. The van der Waals surface area contributed by atoms with E-state index in [4.69, 9.17) is 0 Å². The summed E-state index contributed by atoms with van der Waals surface area (Å²) in [7, 11) is 0. The zero-order valence-corrected chi connectivity index (χ0v) is 12.6. The fourth-order valence-corrected chi connectivity index (χ4v) is 2.49. The van der Waals surface area contributed by atoms with E-state index in [0.29, 0.717) is 6.04 Å². The SMILES string of the molecule is CCC(C)NCCN1CCN(c2ccc(F)cc2)CC1. The summed E-state index contributed by atoms with van der Waals surface area (Å²) in [4.78, 5) is 4.83. The number of benzene rings is 1. The van der Waals surface area contributed by atoms with E-state index in [1.807, 2.05) is 12.1 Å². The van der Waals surface area contributed by atoms with Crippen LogP contribution in [0.25, 0.3) is 0 Å². The van der Waals surface area contributed by atoms with Crippen LogP contribution in [0.4, 0.5) is 10.1 Å². The molecule has 1 aromatic carbocycles. The Kier molecular flexibility index (Phi) is 5.80. The van der Waals surface area contributed by atoms with Gasteiger partial charge in [0.1, 0.15) is 5.82 Å². The molecule has 0 amide bonds. The Hall–Kier alpha value is -1.13. The molecule has 3 nitrogen and oxygen atoms in total. The van der Waals surface area contributed by atoms with Gasteiger partial charge < -0.3 is 10.2 Å². The molecule has 1 fully saturated rings. The zero-order valence-electron chi connectivity index (χ0n) is 12.6. The van der Waals surface area contributed by atoms with E-state index < -0.39 is 0 Å². The van der Waals surface area contributed by atoms with Crippen molar-refractivity contribution >= 4 is 5.69 Å². The molecule has 2 rings (SSSR count). The highest BCUT2D eigenvalue weighted by molar-refractivity contribution is 5.46. The first-order valence-corrected chi connectivity index (χ1v) is 7.65. The van der Waals surface area contributed by atoms with E-state index in [2.05, 4.69) is 29.0 Å². The predicted molar refractivity (Wildman–Crippen MR) is 82.8 cm³/mol. The minimum atomic E-state index is -0.163. The van der Waals surface area contributed by atoms with Gasteiger partial charge in [0.2, 0.25) is 0 Å². The molecule has 1 aliphatic rings. The summed E-state index contributed by atoms with van der Waals surface area (Å²) in [5, 5.41) is 3.53. The molecule has 0 bridgehead atoms. The van der Waals surface area contributed by atoms with E-state index in [0.717, 1.165) is 45.0 Å². The van der Waals surface area contributed by atoms with Crippen LogP contribution in [0.2, 0.25) is 0 Å². The Morgan fingerprint density at radius 1 is 1.15 bits per heavy atom. The average molecular weight is 279 g/mol. The van der Waals surface area contributed by atoms with Crippen molar-refractivity contribution in [2.45, 2.75) is 26.3 Å². The van der Waals surface area contributed by atoms with Crippen LogP contribution >= 0.6 is 0 Å². The molecule has 1 aliphatic heterocycles. The minimum absolute atomic E-state index is 0.163. The molecular weight excluding hydrogens is 253 g/mol. The molecule has 1 heterocycles. The predicted octanol–water partition coefficient (Wildman–Crippen LogP) is 2.34. The number of halogens is 1. The largest absolute Gasteiger partial charge is 0.369 e. The lowest BCUT2D eigenvalue weighted by Crippen LogP contribution is -2.48. The van der Waals surface area contributed by atoms with Crippen LogP contribution < -0.4 is 10.2 Å². The maximum atomic E-state index is 12.9. The molecule has 0 saturated carbocycles. The molecule has 112 valence electrons. The second-order valence-electron chi connectivity index (χ2n) is 5.57. The second-order valence-corrected chi connectivity index (χ2v) is 5.57. The van der Waals surface area contributed by atoms with Gasteiger partial charge in [0.05, 0.1) is 0 Å². The first-order chi connectivity index (χ1) is 9.69. The van der Waals surface area contributed by atoms with Crippen molar-refractivity contribution in [1.29, 1.82) is 0 Å². The summed E-state index contributed by atoms with van der Waals surface area (Å²) in [6.07, 6.45) is 1.18. The van der Waals surface area contributed by atoms with E-state index in [1.165, 1.54) is 18.6 Å². The lowest BCUT2D eigenvalue weighted by atomic mass is 10.2. The monoisotopic (exact) mass is 279 g/mol. The summed E-state index contributed by atoms with van der Waals surface area (Å²) in [6.45, 7) is 10.8. The zero-order chi connectivity index (χ0) is 14.4. The second kappa shape index (κ2) is 7.60. The van der Waals surface area contributed by atoms with Gasteiger partial charge in [-0.15, -0.1) is 0 Å². The lowest BCUT2D eigenvalue weighted by Gasteiger charge is -2.36. The van der Waals surface area contributed by atoms with E-state index >= 15 is 0 Å². The summed E-state index contributed by atoms with van der Waals surface area (Å²) in [5.74, 6) is -0.163. The minimum Gasteiger partial charge on any atom is -0.369 e. The maximum absolute atomic E-state index is 12.9. The number of nitrogens with zero attached hydrogens (tertiary/aromatic N) is 2. The molecule has 0 aliphatic carbocycles. The fraction of sp³-hybridized carbons (Fsp3) is 0.625.